The number of ether oxygens (including phenoxy) is 1. The molecule has 3 heterocycles. The molecule has 0 radical (unpaired) electrons. The third kappa shape index (κ3) is 4.20. The van der Waals surface area contributed by atoms with Crippen molar-refractivity contribution in [3.63, 3.8) is 0 Å². The quantitative estimate of drug-likeness (QED) is 0.520. The first kappa shape index (κ1) is 18.8. The minimum absolute atomic E-state index is 0.193. The molecule has 0 amide bonds. The van der Waals surface area contributed by atoms with Crippen molar-refractivity contribution < 1.29 is 9.84 Å². The molecule has 2 N–H and O–H groups in total. The predicted molar refractivity (Wildman–Crippen MR) is 116 cm³/mol. The molecule has 4 aromatic rings. The number of piperidine rings is 1. The van der Waals surface area contributed by atoms with E-state index in [0.29, 0.717) is 5.88 Å². The Morgan fingerprint density at radius 3 is 2.77 bits per heavy atom. The normalized spacial score (nSPS) is 17.3. The highest BCUT2D eigenvalue weighted by Gasteiger charge is 2.17. The lowest BCUT2D eigenvalue weighted by Gasteiger charge is -2.30. The van der Waals surface area contributed by atoms with Crippen LogP contribution in [0.15, 0.2) is 67.0 Å². The van der Waals surface area contributed by atoms with Gasteiger partial charge in [-0.2, -0.15) is 5.10 Å². The largest absolute Gasteiger partial charge is 0.439 e. The van der Waals surface area contributed by atoms with Crippen LogP contribution in [0.1, 0.15) is 18.4 Å². The summed E-state index contributed by atoms with van der Waals surface area (Å²) in [5.74, 6) is 1.31. The Hall–Kier alpha value is -3.22. The second-order valence-corrected chi connectivity index (χ2v) is 7.83. The average molecular weight is 400 g/mol. The summed E-state index contributed by atoms with van der Waals surface area (Å²) in [6.07, 6.45) is 5.27. The Balaban J connectivity index is 1.29. The first-order chi connectivity index (χ1) is 14.7. The SMILES string of the molecule is OC1CCCN(Cc2ccc3cc(Oc4ccc(-c5ccn[nH]5)cn4)ccc3c2)C1. The van der Waals surface area contributed by atoms with Crippen LogP contribution in [0.5, 0.6) is 11.6 Å². The number of benzene rings is 2. The van der Waals surface area contributed by atoms with Crippen molar-refractivity contribution in [2.75, 3.05) is 13.1 Å². The minimum atomic E-state index is -0.193. The zero-order chi connectivity index (χ0) is 20.3. The third-order valence-corrected chi connectivity index (χ3v) is 5.53. The molecule has 6 heteroatoms. The van der Waals surface area contributed by atoms with Gasteiger partial charge in [-0.25, -0.2) is 4.98 Å². The third-order valence-electron chi connectivity index (χ3n) is 5.53. The second kappa shape index (κ2) is 8.26. The number of aromatic amines is 1. The minimum Gasteiger partial charge on any atom is -0.439 e. The maximum absolute atomic E-state index is 9.88. The fourth-order valence-corrected chi connectivity index (χ4v) is 4.01. The molecule has 30 heavy (non-hydrogen) atoms. The van der Waals surface area contributed by atoms with Crippen LogP contribution in [0.4, 0.5) is 0 Å². The summed E-state index contributed by atoms with van der Waals surface area (Å²) in [5, 5.41) is 19.1. The average Bonchev–Trinajstić information content (AvgIpc) is 3.29. The van der Waals surface area contributed by atoms with E-state index in [1.54, 1.807) is 12.4 Å². The smallest absolute Gasteiger partial charge is 0.219 e. The van der Waals surface area contributed by atoms with Crippen molar-refractivity contribution in [3.8, 4) is 22.9 Å². The van der Waals surface area contributed by atoms with Crippen molar-refractivity contribution in [1.29, 1.82) is 0 Å². The van der Waals surface area contributed by atoms with Gasteiger partial charge in [-0.05, 0) is 66.1 Å². The molecule has 1 aliphatic rings. The molecule has 1 unspecified atom stereocenters. The molecular weight excluding hydrogens is 376 g/mol. The summed E-state index contributed by atoms with van der Waals surface area (Å²) in [5.41, 5.74) is 3.16. The number of fused-ring (bicyclic) bond motifs is 1. The van der Waals surface area contributed by atoms with Gasteiger partial charge in [0.1, 0.15) is 5.75 Å². The predicted octanol–water partition coefficient (Wildman–Crippen LogP) is 4.37. The monoisotopic (exact) mass is 400 g/mol. The van der Waals surface area contributed by atoms with Gasteiger partial charge in [-0.15, -0.1) is 0 Å². The maximum Gasteiger partial charge on any atom is 0.219 e. The van der Waals surface area contributed by atoms with Crippen molar-refractivity contribution in [2.45, 2.75) is 25.5 Å². The number of likely N-dealkylation sites (tertiary alicyclic amines) is 1. The highest BCUT2D eigenvalue weighted by Crippen LogP contribution is 2.27. The number of nitrogens with zero attached hydrogens (tertiary/aromatic N) is 3. The molecule has 1 saturated heterocycles. The van der Waals surface area contributed by atoms with Crippen molar-refractivity contribution in [3.05, 3.63) is 72.6 Å². The first-order valence-corrected chi connectivity index (χ1v) is 10.3. The van der Waals surface area contributed by atoms with Crippen molar-refractivity contribution in [2.24, 2.45) is 0 Å². The van der Waals surface area contributed by atoms with Gasteiger partial charge in [0.15, 0.2) is 0 Å². The Morgan fingerprint density at radius 1 is 1.07 bits per heavy atom. The lowest BCUT2D eigenvalue weighted by Crippen LogP contribution is -2.37. The van der Waals surface area contributed by atoms with Gasteiger partial charge >= 0.3 is 0 Å². The molecule has 1 atom stereocenters. The van der Waals surface area contributed by atoms with E-state index in [9.17, 15) is 5.11 Å². The summed E-state index contributed by atoms with van der Waals surface area (Å²) in [7, 11) is 0. The van der Waals surface area contributed by atoms with Crippen LogP contribution in [0.25, 0.3) is 22.0 Å². The molecule has 2 aromatic heterocycles. The van der Waals surface area contributed by atoms with Gasteiger partial charge in [0.25, 0.3) is 0 Å². The Kier molecular flexibility index (Phi) is 5.17. The number of nitrogens with one attached hydrogen (secondary N) is 1. The van der Waals surface area contributed by atoms with Gasteiger partial charge in [-0.3, -0.25) is 10.00 Å². The number of H-pyrrole nitrogens is 1. The summed E-state index contributed by atoms with van der Waals surface area (Å²) in [4.78, 5) is 6.72. The van der Waals surface area contributed by atoms with E-state index in [1.807, 2.05) is 30.3 Å². The van der Waals surface area contributed by atoms with Crippen LogP contribution in [0.3, 0.4) is 0 Å². The maximum atomic E-state index is 9.88. The molecule has 1 aliphatic heterocycles. The number of β-amino-alcohol motifs (C(OH)–C–C–N with tert-alkyl or cyclic N) is 1. The molecule has 152 valence electrons. The summed E-state index contributed by atoms with van der Waals surface area (Å²) in [6.45, 7) is 2.68. The molecule has 0 bridgehead atoms. The van der Waals surface area contributed by atoms with Crippen molar-refractivity contribution >= 4 is 10.8 Å². The van der Waals surface area contributed by atoms with Crippen LogP contribution in [-0.4, -0.2) is 44.4 Å². The lowest BCUT2D eigenvalue weighted by atomic mass is 10.0. The molecular formula is C24H24N4O2. The second-order valence-electron chi connectivity index (χ2n) is 7.83. The zero-order valence-electron chi connectivity index (χ0n) is 16.7. The fourth-order valence-electron chi connectivity index (χ4n) is 4.01. The van der Waals surface area contributed by atoms with Gasteiger partial charge < -0.3 is 9.84 Å². The van der Waals surface area contributed by atoms with Crippen LogP contribution < -0.4 is 4.74 Å². The van der Waals surface area contributed by atoms with Gasteiger partial charge in [0.05, 0.1) is 11.8 Å². The van der Waals surface area contributed by atoms with E-state index in [0.717, 1.165) is 54.9 Å². The van der Waals surface area contributed by atoms with E-state index < -0.39 is 0 Å². The first-order valence-electron chi connectivity index (χ1n) is 10.3. The van der Waals surface area contributed by atoms with Gasteiger partial charge in [0.2, 0.25) is 5.88 Å². The number of aliphatic hydroxyl groups is 1. The summed E-state index contributed by atoms with van der Waals surface area (Å²) >= 11 is 0. The number of pyridine rings is 1. The zero-order valence-corrected chi connectivity index (χ0v) is 16.7. The highest BCUT2D eigenvalue weighted by atomic mass is 16.5. The van der Waals surface area contributed by atoms with E-state index in [2.05, 4.69) is 44.3 Å². The number of aliphatic hydroxyl groups excluding tert-OH is 1. The van der Waals surface area contributed by atoms with E-state index in [4.69, 9.17) is 4.74 Å². The Morgan fingerprint density at radius 2 is 1.97 bits per heavy atom. The van der Waals surface area contributed by atoms with Crippen LogP contribution in [-0.2, 0) is 6.54 Å². The highest BCUT2D eigenvalue weighted by molar-refractivity contribution is 5.84. The molecule has 0 saturated carbocycles. The van der Waals surface area contributed by atoms with Crippen LogP contribution in [0, 0.1) is 0 Å². The van der Waals surface area contributed by atoms with E-state index in [1.165, 1.54) is 10.9 Å². The number of hydrogen-bond donors (Lipinski definition) is 2. The molecule has 6 nitrogen and oxygen atoms in total. The molecule has 0 aliphatic carbocycles. The van der Waals surface area contributed by atoms with Gasteiger partial charge in [0, 0.05) is 37.1 Å². The van der Waals surface area contributed by atoms with E-state index in [-0.39, 0.29) is 6.10 Å². The van der Waals surface area contributed by atoms with E-state index >= 15 is 0 Å². The standard InChI is InChI=1S/C24H24N4O2/c29-21-2-1-11-28(16-21)15-17-3-4-19-13-22(7-5-18(19)12-17)30-24-8-6-20(14-25-24)23-9-10-26-27-23/h3-10,12-14,21,29H,1-2,11,15-16H2,(H,26,27). The van der Waals surface area contributed by atoms with Gasteiger partial charge in [-0.1, -0.05) is 18.2 Å². The Bertz CT molecular complexity index is 1130. The topological polar surface area (TPSA) is 74.3 Å². The van der Waals surface area contributed by atoms with Crippen molar-refractivity contribution in [1.82, 2.24) is 20.1 Å². The Labute approximate surface area is 175 Å². The van der Waals surface area contributed by atoms with Crippen LogP contribution >= 0.6 is 0 Å². The molecule has 5 rings (SSSR count). The number of aromatic nitrogens is 3. The molecule has 0 spiro atoms. The van der Waals surface area contributed by atoms with Crippen LogP contribution in [0.2, 0.25) is 0 Å². The fraction of sp³-hybridized carbons (Fsp3) is 0.250. The number of rotatable bonds is 5. The summed E-state index contributed by atoms with van der Waals surface area (Å²) in [6, 6.07) is 18.3. The molecule has 2 aromatic carbocycles. The lowest BCUT2D eigenvalue weighted by molar-refractivity contribution is 0.0668. The molecule has 1 fully saturated rings. The summed E-state index contributed by atoms with van der Waals surface area (Å²) < 4.78 is 5.95. The number of hydrogen-bond acceptors (Lipinski definition) is 5.